The van der Waals surface area contributed by atoms with Crippen molar-refractivity contribution in [3.05, 3.63) is 87.8 Å². The van der Waals surface area contributed by atoms with Gasteiger partial charge in [-0.25, -0.2) is 0 Å². The van der Waals surface area contributed by atoms with Gasteiger partial charge in [0.2, 0.25) is 11.8 Å². The molecule has 1 aliphatic rings. The zero-order valence-electron chi connectivity index (χ0n) is 17.3. The van der Waals surface area contributed by atoms with E-state index in [-0.39, 0.29) is 24.2 Å². The predicted octanol–water partition coefficient (Wildman–Crippen LogP) is 4.69. The van der Waals surface area contributed by atoms with E-state index in [1.165, 1.54) is 11.3 Å². The molecule has 2 aromatic carbocycles. The molecule has 0 saturated heterocycles. The number of amides is 2. The van der Waals surface area contributed by atoms with E-state index in [0.717, 1.165) is 21.6 Å². The van der Waals surface area contributed by atoms with Crippen LogP contribution in [0.1, 0.15) is 46.4 Å². The number of thiophene rings is 1. The van der Waals surface area contributed by atoms with Crippen molar-refractivity contribution in [1.82, 2.24) is 4.90 Å². The van der Waals surface area contributed by atoms with Crippen molar-refractivity contribution in [2.24, 2.45) is 0 Å². The minimum absolute atomic E-state index is 0.0247. The zero-order chi connectivity index (χ0) is 21.8. The van der Waals surface area contributed by atoms with Crippen LogP contribution in [0.2, 0.25) is 0 Å². The average Bonchev–Trinajstić information content (AvgIpc) is 3.14. The molecule has 1 N–H and O–H groups in total. The van der Waals surface area contributed by atoms with Gasteiger partial charge >= 0.3 is 0 Å². The molecular formula is C25H23N3O2S. The normalized spacial score (nSPS) is 12.9. The molecule has 3 aromatic rings. The molecule has 2 amide bonds. The first-order valence-corrected chi connectivity index (χ1v) is 11.1. The number of carbonyl (C=O) groups is 2. The minimum atomic E-state index is -0.128. The lowest BCUT2D eigenvalue weighted by Gasteiger charge is -2.25. The van der Waals surface area contributed by atoms with Crippen LogP contribution in [0.3, 0.4) is 0 Å². The van der Waals surface area contributed by atoms with E-state index >= 15 is 0 Å². The van der Waals surface area contributed by atoms with Crippen LogP contribution in [0.15, 0.2) is 60.7 Å². The second kappa shape index (κ2) is 9.15. The molecule has 156 valence electrons. The van der Waals surface area contributed by atoms with Crippen LogP contribution in [-0.2, 0) is 22.6 Å². The number of rotatable bonds is 5. The lowest BCUT2D eigenvalue weighted by atomic mass is 9.88. The third-order valence-corrected chi connectivity index (χ3v) is 6.79. The largest absolute Gasteiger partial charge is 0.337 e. The van der Waals surface area contributed by atoms with Crippen LogP contribution in [0.4, 0.5) is 5.00 Å². The third kappa shape index (κ3) is 4.52. The smallest absolute Gasteiger partial charge is 0.225 e. The summed E-state index contributed by atoms with van der Waals surface area (Å²) in [6.07, 6.45) is 0.919. The molecule has 1 aliphatic heterocycles. The summed E-state index contributed by atoms with van der Waals surface area (Å²) in [5.74, 6) is -0.177. The van der Waals surface area contributed by atoms with E-state index in [2.05, 4.69) is 11.4 Å². The van der Waals surface area contributed by atoms with E-state index < -0.39 is 0 Å². The van der Waals surface area contributed by atoms with Crippen molar-refractivity contribution < 1.29 is 9.59 Å². The van der Waals surface area contributed by atoms with Gasteiger partial charge in [-0.2, -0.15) is 5.26 Å². The molecular weight excluding hydrogens is 406 g/mol. The molecule has 0 radical (unpaired) electrons. The van der Waals surface area contributed by atoms with Crippen molar-refractivity contribution in [2.75, 3.05) is 11.9 Å². The Morgan fingerprint density at radius 3 is 2.26 bits per heavy atom. The second-order valence-electron chi connectivity index (χ2n) is 7.64. The molecule has 0 unspecified atom stereocenters. The highest BCUT2D eigenvalue weighted by Gasteiger charge is 2.27. The molecule has 0 bridgehead atoms. The monoisotopic (exact) mass is 429 g/mol. The molecule has 6 heteroatoms. The molecule has 4 rings (SSSR count). The highest BCUT2D eigenvalue weighted by molar-refractivity contribution is 7.16. The fourth-order valence-corrected chi connectivity index (χ4v) is 5.27. The van der Waals surface area contributed by atoms with Crippen molar-refractivity contribution in [2.45, 2.75) is 32.2 Å². The number of carbonyl (C=O) groups excluding carboxylic acids is 2. The average molecular weight is 430 g/mol. The summed E-state index contributed by atoms with van der Waals surface area (Å²) in [4.78, 5) is 27.5. The van der Waals surface area contributed by atoms with Crippen LogP contribution in [-0.4, -0.2) is 23.3 Å². The van der Waals surface area contributed by atoms with Gasteiger partial charge in [0, 0.05) is 30.7 Å². The second-order valence-corrected chi connectivity index (χ2v) is 8.74. The van der Waals surface area contributed by atoms with Gasteiger partial charge in [0.05, 0.1) is 12.1 Å². The minimum Gasteiger partial charge on any atom is -0.337 e. The Morgan fingerprint density at radius 2 is 1.71 bits per heavy atom. The van der Waals surface area contributed by atoms with E-state index in [4.69, 9.17) is 0 Å². The molecule has 0 saturated carbocycles. The molecule has 0 spiro atoms. The SMILES string of the molecule is CC(=O)N1CCc2c(sc(NC(=O)CC(c3ccccc3)c3ccccc3)c2C#N)C1. The van der Waals surface area contributed by atoms with Gasteiger partial charge < -0.3 is 10.2 Å². The Morgan fingerprint density at radius 1 is 1.10 bits per heavy atom. The first-order chi connectivity index (χ1) is 15.1. The molecule has 0 aliphatic carbocycles. The summed E-state index contributed by atoms with van der Waals surface area (Å²) < 4.78 is 0. The van der Waals surface area contributed by atoms with E-state index in [0.29, 0.717) is 30.1 Å². The number of hydrogen-bond acceptors (Lipinski definition) is 4. The van der Waals surface area contributed by atoms with Gasteiger partial charge in [-0.15, -0.1) is 11.3 Å². The predicted molar refractivity (Wildman–Crippen MR) is 122 cm³/mol. The van der Waals surface area contributed by atoms with Gasteiger partial charge in [-0.05, 0) is 23.1 Å². The summed E-state index contributed by atoms with van der Waals surface area (Å²) in [7, 11) is 0. The topological polar surface area (TPSA) is 73.2 Å². The van der Waals surface area contributed by atoms with E-state index in [1.54, 1.807) is 11.8 Å². The van der Waals surface area contributed by atoms with Crippen molar-refractivity contribution in [3.8, 4) is 6.07 Å². The number of anilines is 1. The van der Waals surface area contributed by atoms with E-state index in [1.807, 2.05) is 60.7 Å². The quantitative estimate of drug-likeness (QED) is 0.640. The number of nitriles is 1. The summed E-state index contributed by atoms with van der Waals surface area (Å²) in [5.41, 5.74) is 3.65. The lowest BCUT2D eigenvalue weighted by Crippen LogP contribution is -2.33. The maximum absolute atomic E-state index is 13.0. The Hall–Kier alpha value is -3.43. The molecule has 0 fully saturated rings. The summed E-state index contributed by atoms with van der Waals surface area (Å²) in [6.45, 7) is 2.65. The Kier molecular flexibility index (Phi) is 6.15. The lowest BCUT2D eigenvalue weighted by molar-refractivity contribution is -0.129. The molecule has 31 heavy (non-hydrogen) atoms. The van der Waals surface area contributed by atoms with Crippen LogP contribution < -0.4 is 5.32 Å². The molecule has 5 nitrogen and oxygen atoms in total. The Balaban J connectivity index is 1.57. The number of fused-ring (bicyclic) bond motifs is 1. The fourth-order valence-electron chi connectivity index (χ4n) is 4.04. The third-order valence-electron chi connectivity index (χ3n) is 5.66. The molecule has 0 atom stereocenters. The Bertz CT molecular complexity index is 1090. The van der Waals surface area contributed by atoms with Gasteiger partial charge in [-0.3, -0.25) is 9.59 Å². The van der Waals surface area contributed by atoms with Gasteiger partial charge in [0.25, 0.3) is 0 Å². The van der Waals surface area contributed by atoms with E-state index in [9.17, 15) is 14.9 Å². The van der Waals surface area contributed by atoms with Crippen LogP contribution in [0, 0.1) is 11.3 Å². The maximum Gasteiger partial charge on any atom is 0.225 e. The summed E-state index contributed by atoms with van der Waals surface area (Å²) in [5, 5.41) is 13.3. The molecule has 1 aromatic heterocycles. The van der Waals surface area contributed by atoms with Crippen molar-refractivity contribution >= 4 is 28.2 Å². The van der Waals surface area contributed by atoms with Gasteiger partial charge in [0.1, 0.15) is 11.1 Å². The fraction of sp³-hybridized carbons (Fsp3) is 0.240. The zero-order valence-corrected chi connectivity index (χ0v) is 18.1. The van der Waals surface area contributed by atoms with Crippen LogP contribution in [0.25, 0.3) is 0 Å². The number of hydrogen-bond donors (Lipinski definition) is 1. The number of benzene rings is 2. The number of nitrogens with zero attached hydrogens (tertiary/aromatic N) is 2. The van der Waals surface area contributed by atoms with Gasteiger partial charge in [0.15, 0.2) is 0 Å². The van der Waals surface area contributed by atoms with Crippen LogP contribution in [0.5, 0.6) is 0 Å². The van der Waals surface area contributed by atoms with Crippen LogP contribution >= 0.6 is 11.3 Å². The van der Waals surface area contributed by atoms with Crippen molar-refractivity contribution in [1.29, 1.82) is 5.26 Å². The summed E-state index contributed by atoms with van der Waals surface area (Å²) >= 11 is 1.41. The molecule has 2 heterocycles. The highest BCUT2D eigenvalue weighted by Crippen LogP contribution is 2.37. The standard InChI is InChI=1S/C25H23N3O2S/c1-17(29)28-13-12-20-22(15-26)25(31-23(20)16-28)27-24(30)14-21(18-8-4-2-5-9-18)19-10-6-3-7-11-19/h2-11,21H,12-14,16H2,1H3,(H,27,30). The Labute approximate surface area is 185 Å². The van der Waals surface area contributed by atoms with Crippen molar-refractivity contribution in [3.63, 3.8) is 0 Å². The highest BCUT2D eigenvalue weighted by atomic mass is 32.1. The first kappa shape index (κ1) is 20.8. The maximum atomic E-state index is 13.0. The first-order valence-electron chi connectivity index (χ1n) is 10.3. The number of nitrogens with one attached hydrogen (secondary N) is 1. The summed E-state index contributed by atoms with van der Waals surface area (Å²) in [6, 6.07) is 22.2. The van der Waals surface area contributed by atoms with Gasteiger partial charge in [-0.1, -0.05) is 60.7 Å².